The van der Waals surface area contributed by atoms with Crippen LogP contribution in [0.3, 0.4) is 0 Å². The molecule has 0 radical (unpaired) electrons. The molecule has 0 rings (SSSR count). The van der Waals surface area contributed by atoms with Crippen molar-refractivity contribution < 1.29 is 9.46 Å². The molecule has 3 N–H and O–H groups in total. The third kappa shape index (κ3) is 8.59. The third-order valence-corrected chi connectivity index (χ3v) is 3.98. The van der Waals surface area contributed by atoms with Crippen LogP contribution < -0.4 is 10.9 Å². The van der Waals surface area contributed by atoms with Gasteiger partial charge in [0.05, 0.1) is 18.1 Å². The number of rotatable bonds is 8. The maximum absolute atomic E-state index is 12.3. The van der Waals surface area contributed by atoms with Gasteiger partial charge in [-0.05, 0) is 34.1 Å². The summed E-state index contributed by atoms with van der Waals surface area (Å²) in [5.41, 5.74) is 5.81. The Bertz CT molecular complexity index is 323. The normalized spacial score (nSPS) is 16.0. The highest BCUT2D eigenvalue weighted by molar-refractivity contribution is 7.55. The van der Waals surface area contributed by atoms with E-state index in [2.05, 4.69) is 16.9 Å². The van der Waals surface area contributed by atoms with E-state index in [-0.39, 0.29) is 30.7 Å². The molecular weight excluding hydrogens is 287 g/mol. The van der Waals surface area contributed by atoms with Gasteiger partial charge in [0.1, 0.15) is 0 Å². The summed E-state index contributed by atoms with van der Waals surface area (Å²) >= 11 is 0. The maximum atomic E-state index is 12.3. The zero-order chi connectivity index (χ0) is 14.3. The summed E-state index contributed by atoms with van der Waals surface area (Å²) in [4.78, 5) is 11.3. The van der Waals surface area contributed by atoms with Gasteiger partial charge < -0.3 is 4.89 Å². The number of hydrogen-bond donors (Lipinski definition) is 3. The highest BCUT2D eigenvalue weighted by Crippen LogP contribution is 2.44. The first-order valence-electron chi connectivity index (χ1n) is 6.27. The minimum Gasteiger partial charge on any atom is -0.331 e. The van der Waals surface area contributed by atoms with Crippen molar-refractivity contribution in [1.29, 1.82) is 5.26 Å². The lowest BCUT2D eigenvalue weighted by Gasteiger charge is -2.32. The Morgan fingerprint density at radius 3 is 1.95 bits per heavy atom. The van der Waals surface area contributed by atoms with Gasteiger partial charge in [-0.25, -0.2) is 10.9 Å². The molecule has 0 bridgehead atoms. The maximum Gasteiger partial charge on any atom is 0.298 e. The largest absolute Gasteiger partial charge is 0.331 e. The molecule has 114 valence electrons. The molecule has 0 aromatic heterocycles. The standard InChI is InChI=1S/C11H25N4O2P.ClH/c1-6-11(7-12)8-18(16,17)15(13-9(2)3)14-10(4)5;/h9-11,13-14H,6,8H2,1-5H3,(H,16,17);1H. The zero-order valence-corrected chi connectivity index (χ0v) is 14.0. The Morgan fingerprint density at radius 1 is 1.26 bits per heavy atom. The van der Waals surface area contributed by atoms with E-state index in [0.29, 0.717) is 6.42 Å². The molecule has 0 amide bonds. The summed E-state index contributed by atoms with van der Waals surface area (Å²) in [5, 5.41) is 8.89. The average molecular weight is 313 g/mol. The Morgan fingerprint density at radius 2 is 1.68 bits per heavy atom. The van der Waals surface area contributed by atoms with Crippen molar-refractivity contribution in [1.82, 2.24) is 15.7 Å². The van der Waals surface area contributed by atoms with E-state index in [1.54, 1.807) is 0 Å². The van der Waals surface area contributed by atoms with Gasteiger partial charge >= 0.3 is 0 Å². The predicted molar refractivity (Wildman–Crippen MR) is 79.7 cm³/mol. The number of nitrogens with one attached hydrogen (secondary N) is 2. The van der Waals surface area contributed by atoms with Crippen LogP contribution in [0.2, 0.25) is 0 Å². The molecule has 2 unspecified atom stereocenters. The van der Waals surface area contributed by atoms with Crippen molar-refractivity contribution in [2.45, 2.75) is 53.1 Å². The van der Waals surface area contributed by atoms with E-state index >= 15 is 0 Å². The second-order valence-corrected chi connectivity index (χ2v) is 7.06. The molecule has 2 atom stereocenters. The van der Waals surface area contributed by atoms with E-state index in [4.69, 9.17) is 5.26 Å². The average Bonchev–Trinajstić information content (AvgIpc) is 2.23. The van der Waals surface area contributed by atoms with E-state index < -0.39 is 13.4 Å². The van der Waals surface area contributed by atoms with Crippen LogP contribution in [0.25, 0.3) is 0 Å². The first-order chi connectivity index (χ1) is 8.22. The number of nitrogens with zero attached hydrogens (tertiary/aromatic N) is 2. The van der Waals surface area contributed by atoms with Gasteiger partial charge in [-0.3, -0.25) is 4.57 Å². The Hall–Kier alpha value is -0.150. The van der Waals surface area contributed by atoms with Crippen LogP contribution in [0.15, 0.2) is 0 Å². The van der Waals surface area contributed by atoms with Gasteiger partial charge in [-0.2, -0.15) is 5.26 Å². The van der Waals surface area contributed by atoms with Crippen molar-refractivity contribution in [3.63, 3.8) is 0 Å². The van der Waals surface area contributed by atoms with Crippen LogP contribution in [-0.2, 0) is 4.57 Å². The molecule has 8 heteroatoms. The van der Waals surface area contributed by atoms with Crippen LogP contribution >= 0.6 is 19.9 Å². The third-order valence-electron chi connectivity index (χ3n) is 2.21. The molecule has 0 fully saturated rings. The van der Waals surface area contributed by atoms with Crippen molar-refractivity contribution in [3.8, 4) is 6.07 Å². The number of halogens is 1. The topological polar surface area (TPSA) is 88.4 Å². The minimum absolute atomic E-state index is 0. The second-order valence-electron chi connectivity index (χ2n) is 4.96. The number of hydrazine groups is 2. The summed E-state index contributed by atoms with van der Waals surface area (Å²) in [5.74, 6) is -0.411. The summed E-state index contributed by atoms with van der Waals surface area (Å²) in [6, 6.07) is 2.11. The van der Waals surface area contributed by atoms with Gasteiger partial charge in [0.25, 0.3) is 7.52 Å². The summed E-state index contributed by atoms with van der Waals surface area (Å²) < 4.78 is 12.3. The smallest absolute Gasteiger partial charge is 0.298 e. The number of hydrogen-bond acceptors (Lipinski definition) is 4. The molecule has 6 nitrogen and oxygen atoms in total. The van der Waals surface area contributed by atoms with E-state index in [1.807, 2.05) is 34.6 Å². The van der Waals surface area contributed by atoms with Crippen molar-refractivity contribution in [2.75, 3.05) is 6.16 Å². The second kappa shape index (κ2) is 9.71. The zero-order valence-electron chi connectivity index (χ0n) is 12.3. The Kier molecular flexibility index (Phi) is 10.8. The number of nitriles is 1. The SMILES string of the molecule is CCC(C#N)CP(=O)(O)N(NC(C)C)NC(C)C.Cl. The van der Waals surface area contributed by atoms with Gasteiger partial charge in [0.2, 0.25) is 0 Å². The fourth-order valence-electron chi connectivity index (χ4n) is 1.34. The van der Waals surface area contributed by atoms with Crippen LogP contribution in [0, 0.1) is 17.2 Å². The van der Waals surface area contributed by atoms with Gasteiger partial charge in [0, 0.05) is 12.1 Å². The Balaban J connectivity index is 0. The van der Waals surface area contributed by atoms with Crippen LogP contribution in [0.5, 0.6) is 0 Å². The summed E-state index contributed by atoms with van der Waals surface area (Å²) in [7, 11) is -3.61. The molecular formula is C11H26ClN4O2P. The van der Waals surface area contributed by atoms with Gasteiger partial charge in [-0.1, -0.05) is 6.92 Å². The summed E-state index contributed by atoms with van der Waals surface area (Å²) in [6.45, 7) is 9.38. The van der Waals surface area contributed by atoms with Crippen molar-refractivity contribution in [2.24, 2.45) is 5.92 Å². The fraction of sp³-hybridized carbons (Fsp3) is 0.909. The molecule has 0 aliphatic rings. The molecule has 0 spiro atoms. The van der Waals surface area contributed by atoms with Crippen molar-refractivity contribution in [3.05, 3.63) is 0 Å². The molecule has 0 saturated heterocycles. The molecule has 0 saturated carbocycles. The van der Waals surface area contributed by atoms with Gasteiger partial charge in [0.15, 0.2) is 0 Å². The van der Waals surface area contributed by atoms with Crippen LogP contribution in [-0.4, -0.2) is 28.0 Å². The highest BCUT2D eigenvalue weighted by Gasteiger charge is 2.32. The quantitative estimate of drug-likeness (QED) is 0.471. The van der Waals surface area contributed by atoms with Crippen LogP contribution in [0.4, 0.5) is 0 Å². The molecule has 19 heavy (non-hydrogen) atoms. The highest BCUT2D eigenvalue weighted by atomic mass is 35.5. The van der Waals surface area contributed by atoms with E-state index in [9.17, 15) is 9.46 Å². The van der Waals surface area contributed by atoms with E-state index in [0.717, 1.165) is 0 Å². The monoisotopic (exact) mass is 312 g/mol. The Labute approximate surface area is 122 Å². The molecule has 0 heterocycles. The van der Waals surface area contributed by atoms with Gasteiger partial charge in [-0.15, -0.1) is 17.3 Å². The lowest BCUT2D eigenvalue weighted by molar-refractivity contribution is 0.167. The minimum atomic E-state index is -3.61. The fourth-order valence-corrected chi connectivity index (χ4v) is 3.24. The van der Waals surface area contributed by atoms with E-state index in [1.165, 1.54) is 4.89 Å². The lowest BCUT2D eigenvalue weighted by atomic mass is 10.1. The van der Waals surface area contributed by atoms with Crippen LogP contribution in [0.1, 0.15) is 41.0 Å². The molecule has 0 aromatic carbocycles. The first kappa shape index (κ1) is 21.2. The molecule has 0 aliphatic heterocycles. The lowest BCUT2D eigenvalue weighted by Crippen LogP contribution is -2.51. The molecule has 0 aromatic rings. The molecule has 0 aliphatic carbocycles. The van der Waals surface area contributed by atoms with Crippen molar-refractivity contribution >= 4 is 19.9 Å². The predicted octanol–water partition coefficient (Wildman–Crippen LogP) is 2.27. The summed E-state index contributed by atoms with van der Waals surface area (Å²) in [6.07, 6.45) is 0.525. The first-order valence-corrected chi connectivity index (χ1v) is 8.07.